The van der Waals surface area contributed by atoms with Crippen molar-refractivity contribution in [2.75, 3.05) is 6.54 Å². The first-order chi connectivity index (χ1) is 6.65. The monoisotopic (exact) mass is 195 g/mol. The third kappa shape index (κ3) is 2.72. The van der Waals surface area contributed by atoms with Gasteiger partial charge in [-0.2, -0.15) is 0 Å². The van der Waals surface area contributed by atoms with Gasteiger partial charge in [0.1, 0.15) is 5.75 Å². The van der Waals surface area contributed by atoms with Crippen LogP contribution in [0.1, 0.15) is 17.5 Å². The molecule has 0 spiro atoms. The highest BCUT2D eigenvalue weighted by molar-refractivity contribution is 5.38. The molecule has 0 aliphatic heterocycles. The molecular weight excluding hydrogens is 178 g/mol. The molecule has 0 bridgehead atoms. The summed E-state index contributed by atoms with van der Waals surface area (Å²) in [6, 6.07) is 5.43. The zero-order valence-electron chi connectivity index (χ0n) is 8.40. The highest BCUT2D eigenvalue weighted by Gasteiger charge is 2.07. The zero-order chi connectivity index (χ0) is 10.6. The molecule has 14 heavy (non-hydrogen) atoms. The number of benzene rings is 1. The van der Waals surface area contributed by atoms with Crippen LogP contribution in [0.5, 0.6) is 5.75 Å². The topological polar surface area (TPSA) is 66.5 Å². The van der Waals surface area contributed by atoms with Gasteiger partial charge in [-0.25, -0.2) is 0 Å². The van der Waals surface area contributed by atoms with Gasteiger partial charge >= 0.3 is 0 Å². The number of aromatic hydroxyl groups is 1. The summed E-state index contributed by atoms with van der Waals surface area (Å²) in [5.41, 5.74) is 7.25. The first-order valence-electron chi connectivity index (χ1n) is 4.80. The van der Waals surface area contributed by atoms with Crippen molar-refractivity contribution in [1.29, 1.82) is 0 Å². The van der Waals surface area contributed by atoms with Gasteiger partial charge in [0, 0.05) is 6.54 Å². The number of aliphatic hydroxyl groups excluding tert-OH is 1. The third-order valence-electron chi connectivity index (χ3n) is 2.39. The van der Waals surface area contributed by atoms with Gasteiger partial charge in [-0.3, -0.25) is 0 Å². The number of aryl methyl sites for hydroxylation is 1. The summed E-state index contributed by atoms with van der Waals surface area (Å²) in [5, 5.41) is 18.9. The van der Waals surface area contributed by atoms with Gasteiger partial charge in [-0.15, -0.1) is 0 Å². The lowest BCUT2D eigenvalue weighted by atomic mass is 10.0. The van der Waals surface area contributed by atoms with Crippen LogP contribution in [0.2, 0.25) is 0 Å². The number of rotatable bonds is 4. The van der Waals surface area contributed by atoms with Crippen molar-refractivity contribution in [3.8, 4) is 5.75 Å². The Labute approximate surface area is 84.2 Å². The van der Waals surface area contributed by atoms with E-state index in [2.05, 4.69) is 0 Å². The molecule has 3 heteroatoms. The van der Waals surface area contributed by atoms with Gasteiger partial charge in [0.15, 0.2) is 0 Å². The number of phenols is 1. The van der Waals surface area contributed by atoms with E-state index in [9.17, 15) is 10.2 Å². The molecule has 1 atom stereocenters. The second-order valence-corrected chi connectivity index (χ2v) is 3.50. The number of phenolic OH excluding ortho intramolecular Hbond substituents is 1. The van der Waals surface area contributed by atoms with Crippen LogP contribution in [0, 0.1) is 6.92 Å². The van der Waals surface area contributed by atoms with Crippen LogP contribution in [0.15, 0.2) is 18.2 Å². The van der Waals surface area contributed by atoms with E-state index in [-0.39, 0.29) is 6.54 Å². The number of aliphatic hydroxyl groups is 1. The van der Waals surface area contributed by atoms with Crippen LogP contribution in [-0.2, 0) is 6.42 Å². The summed E-state index contributed by atoms with van der Waals surface area (Å²) in [4.78, 5) is 0. The van der Waals surface area contributed by atoms with E-state index in [0.717, 1.165) is 11.1 Å². The van der Waals surface area contributed by atoms with Crippen LogP contribution >= 0.6 is 0 Å². The van der Waals surface area contributed by atoms with E-state index in [1.54, 1.807) is 6.07 Å². The minimum Gasteiger partial charge on any atom is -0.508 e. The molecule has 3 nitrogen and oxygen atoms in total. The molecule has 1 aromatic rings. The van der Waals surface area contributed by atoms with Crippen LogP contribution in [0.4, 0.5) is 0 Å². The van der Waals surface area contributed by atoms with Gasteiger partial charge in [-0.05, 0) is 37.0 Å². The molecule has 4 N–H and O–H groups in total. The fourth-order valence-electron chi connectivity index (χ4n) is 1.44. The van der Waals surface area contributed by atoms with E-state index >= 15 is 0 Å². The van der Waals surface area contributed by atoms with E-state index in [0.29, 0.717) is 18.6 Å². The Bertz CT molecular complexity index is 279. The van der Waals surface area contributed by atoms with Crippen LogP contribution in [0.3, 0.4) is 0 Å². The highest BCUT2D eigenvalue weighted by Crippen LogP contribution is 2.22. The molecule has 78 valence electrons. The maximum absolute atomic E-state index is 9.56. The average Bonchev–Trinajstić information content (AvgIpc) is 2.16. The Kier molecular flexibility index (Phi) is 3.92. The Morgan fingerprint density at radius 2 is 2.14 bits per heavy atom. The molecule has 0 amide bonds. The smallest absolute Gasteiger partial charge is 0.119 e. The number of nitrogens with two attached hydrogens (primary N) is 1. The van der Waals surface area contributed by atoms with E-state index in [1.165, 1.54) is 0 Å². The lowest BCUT2D eigenvalue weighted by Crippen LogP contribution is -2.20. The van der Waals surface area contributed by atoms with E-state index in [1.807, 2.05) is 19.1 Å². The van der Waals surface area contributed by atoms with E-state index in [4.69, 9.17) is 5.73 Å². The Balaban J connectivity index is 2.66. The van der Waals surface area contributed by atoms with Crippen molar-refractivity contribution in [2.24, 2.45) is 5.73 Å². The SMILES string of the molecule is Cc1cccc(O)c1CCC(O)CN. The summed E-state index contributed by atoms with van der Waals surface area (Å²) < 4.78 is 0. The zero-order valence-corrected chi connectivity index (χ0v) is 8.40. The summed E-state index contributed by atoms with van der Waals surface area (Å²) in [6.45, 7) is 2.22. The molecule has 0 radical (unpaired) electrons. The van der Waals surface area contributed by atoms with Crippen molar-refractivity contribution in [1.82, 2.24) is 0 Å². The average molecular weight is 195 g/mol. The largest absolute Gasteiger partial charge is 0.508 e. The predicted molar refractivity (Wildman–Crippen MR) is 56.2 cm³/mol. The Morgan fingerprint density at radius 3 is 2.71 bits per heavy atom. The fraction of sp³-hybridized carbons (Fsp3) is 0.455. The highest BCUT2D eigenvalue weighted by atomic mass is 16.3. The molecule has 0 aliphatic carbocycles. The minimum atomic E-state index is -0.478. The second-order valence-electron chi connectivity index (χ2n) is 3.50. The second kappa shape index (κ2) is 4.98. The molecule has 0 heterocycles. The quantitative estimate of drug-likeness (QED) is 0.670. The number of hydrogen-bond acceptors (Lipinski definition) is 3. The lowest BCUT2D eigenvalue weighted by molar-refractivity contribution is 0.173. The predicted octanol–water partition coefficient (Wildman–Crippen LogP) is 0.953. The van der Waals surface area contributed by atoms with Gasteiger partial charge in [0.2, 0.25) is 0 Å². The van der Waals surface area contributed by atoms with Crippen LogP contribution in [-0.4, -0.2) is 22.9 Å². The Morgan fingerprint density at radius 1 is 1.43 bits per heavy atom. The van der Waals surface area contributed by atoms with Crippen LogP contribution in [0.25, 0.3) is 0 Å². The van der Waals surface area contributed by atoms with Gasteiger partial charge < -0.3 is 15.9 Å². The molecular formula is C11H17NO2. The van der Waals surface area contributed by atoms with Gasteiger partial charge in [0.25, 0.3) is 0 Å². The first kappa shape index (κ1) is 11.0. The first-order valence-corrected chi connectivity index (χ1v) is 4.80. The maximum Gasteiger partial charge on any atom is 0.119 e. The number of hydrogen-bond donors (Lipinski definition) is 3. The molecule has 1 aromatic carbocycles. The summed E-state index contributed by atoms with van der Waals surface area (Å²) in [6.07, 6.45) is 0.778. The maximum atomic E-state index is 9.56. The van der Waals surface area contributed by atoms with Crippen molar-refractivity contribution in [3.63, 3.8) is 0 Å². The molecule has 0 saturated carbocycles. The van der Waals surface area contributed by atoms with Crippen molar-refractivity contribution in [3.05, 3.63) is 29.3 Å². The standard InChI is InChI=1S/C11H17NO2/c1-8-3-2-4-11(14)10(8)6-5-9(13)7-12/h2-4,9,13-14H,5-7,12H2,1H3. The minimum absolute atomic E-state index is 0.270. The molecule has 1 rings (SSSR count). The molecule has 0 saturated heterocycles. The van der Waals surface area contributed by atoms with Crippen molar-refractivity contribution in [2.45, 2.75) is 25.9 Å². The van der Waals surface area contributed by atoms with Gasteiger partial charge in [-0.1, -0.05) is 12.1 Å². The van der Waals surface area contributed by atoms with E-state index < -0.39 is 6.10 Å². The van der Waals surface area contributed by atoms with Crippen molar-refractivity contribution >= 4 is 0 Å². The Hall–Kier alpha value is -1.06. The molecule has 0 aliphatic rings. The lowest BCUT2D eigenvalue weighted by Gasteiger charge is -2.10. The van der Waals surface area contributed by atoms with Crippen molar-refractivity contribution < 1.29 is 10.2 Å². The van der Waals surface area contributed by atoms with Crippen LogP contribution < -0.4 is 5.73 Å². The normalized spacial score (nSPS) is 12.8. The molecule has 0 fully saturated rings. The summed E-state index contributed by atoms with van der Waals surface area (Å²) in [7, 11) is 0. The summed E-state index contributed by atoms with van der Waals surface area (Å²) in [5.74, 6) is 0.300. The fourth-order valence-corrected chi connectivity index (χ4v) is 1.44. The summed E-state index contributed by atoms with van der Waals surface area (Å²) >= 11 is 0. The van der Waals surface area contributed by atoms with Gasteiger partial charge in [0.05, 0.1) is 6.10 Å². The molecule has 0 aromatic heterocycles. The molecule has 1 unspecified atom stereocenters. The third-order valence-corrected chi connectivity index (χ3v) is 2.39.